The molecule has 0 heterocycles. The normalized spacial score (nSPS) is 12.3. The smallest absolute Gasteiger partial charge is 0.244 e. The van der Waals surface area contributed by atoms with Gasteiger partial charge in [0.05, 0.1) is 0 Å². The van der Waals surface area contributed by atoms with Gasteiger partial charge in [-0.25, -0.2) is 0 Å². The van der Waals surface area contributed by atoms with Gasteiger partial charge < -0.3 is 10.6 Å². The molecule has 2 amide bonds. The maximum absolute atomic E-state index is 12.0. The summed E-state index contributed by atoms with van der Waals surface area (Å²) < 4.78 is 0. The fourth-order valence-corrected chi connectivity index (χ4v) is 3.36. The number of carbonyl (C=O) groups is 2. The molecule has 0 spiro atoms. The lowest BCUT2D eigenvalue weighted by Crippen LogP contribution is -2.40. The van der Waals surface area contributed by atoms with E-state index in [2.05, 4.69) is 10.6 Å². The van der Waals surface area contributed by atoms with Gasteiger partial charge in [-0.05, 0) is 43.3 Å². The molecule has 0 aliphatic rings. The summed E-state index contributed by atoms with van der Waals surface area (Å²) in [5, 5.41) is 7.24. The Hall–Kier alpha value is -1.98. The lowest BCUT2D eigenvalue weighted by atomic mass is 10.2. The van der Waals surface area contributed by atoms with Crippen LogP contribution in [0.3, 0.4) is 0 Å². The van der Waals surface area contributed by atoms with Crippen molar-refractivity contribution in [2.75, 3.05) is 6.54 Å². The van der Waals surface area contributed by atoms with Crippen LogP contribution in [0.25, 0.3) is 12.2 Å². The van der Waals surface area contributed by atoms with Crippen LogP contribution >= 0.6 is 46.4 Å². The Balaban J connectivity index is 1.84. The van der Waals surface area contributed by atoms with Crippen molar-refractivity contribution in [3.8, 4) is 0 Å². The minimum atomic E-state index is -0.333. The van der Waals surface area contributed by atoms with Crippen LogP contribution in [0.15, 0.2) is 48.6 Å². The summed E-state index contributed by atoms with van der Waals surface area (Å²) in [6.45, 7) is 2.01. The van der Waals surface area contributed by atoms with E-state index in [9.17, 15) is 9.59 Å². The van der Waals surface area contributed by atoms with Crippen LogP contribution in [-0.2, 0) is 9.59 Å². The molecule has 2 N–H and O–H groups in total. The summed E-state index contributed by atoms with van der Waals surface area (Å²) in [5.74, 6) is -0.665. The van der Waals surface area contributed by atoms with Gasteiger partial charge >= 0.3 is 0 Å². The molecule has 0 fully saturated rings. The van der Waals surface area contributed by atoms with Gasteiger partial charge in [-0.3, -0.25) is 9.59 Å². The monoisotopic (exact) mass is 470 g/mol. The molecule has 2 aromatic carbocycles. The van der Waals surface area contributed by atoms with Gasteiger partial charge in [-0.1, -0.05) is 58.5 Å². The third-order valence-corrected chi connectivity index (χ3v) is 5.09. The maximum atomic E-state index is 12.0. The van der Waals surface area contributed by atoms with E-state index in [0.717, 1.165) is 0 Å². The first-order chi connectivity index (χ1) is 13.8. The fourth-order valence-electron chi connectivity index (χ4n) is 2.31. The molecule has 1 atom stereocenters. The predicted molar refractivity (Wildman–Crippen MR) is 122 cm³/mol. The zero-order valence-corrected chi connectivity index (χ0v) is 18.4. The second-order valence-corrected chi connectivity index (χ2v) is 7.72. The van der Waals surface area contributed by atoms with Crippen LogP contribution in [0, 0.1) is 0 Å². The third kappa shape index (κ3) is 7.41. The number of hydrogen-bond acceptors (Lipinski definition) is 2. The predicted octanol–water partition coefficient (Wildman–Crippen LogP) is 5.65. The number of amides is 2. The summed E-state index contributed by atoms with van der Waals surface area (Å²) in [6, 6.07) is 9.90. The van der Waals surface area contributed by atoms with Crippen molar-refractivity contribution in [3.63, 3.8) is 0 Å². The first-order valence-corrected chi connectivity index (χ1v) is 10.1. The molecule has 0 radical (unpaired) electrons. The van der Waals surface area contributed by atoms with Crippen molar-refractivity contribution in [1.29, 1.82) is 0 Å². The van der Waals surface area contributed by atoms with Gasteiger partial charge in [0.2, 0.25) is 11.8 Å². The Bertz CT molecular complexity index is 917. The molecule has 2 rings (SSSR count). The molecule has 2 aromatic rings. The number of halogens is 4. The van der Waals surface area contributed by atoms with E-state index in [1.807, 2.05) is 0 Å². The minimum Gasteiger partial charge on any atom is -0.351 e. The molecule has 4 nitrogen and oxygen atoms in total. The lowest BCUT2D eigenvalue weighted by Gasteiger charge is -2.12. The van der Waals surface area contributed by atoms with Crippen LogP contribution in [-0.4, -0.2) is 24.4 Å². The average molecular weight is 472 g/mol. The number of hydrogen-bond donors (Lipinski definition) is 2. The van der Waals surface area contributed by atoms with Crippen molar-refractivity contribution in [2.24, 2.45) is 0 Å². The highest BCUT2D eigenvalue weighted by molar-refractivity contribution is 6.37. The van der Waals surface area contributed by atoms with Crippen molar-refractivity contribution in [3.05, 3.63) is 79.8 Å². The van der Waals surface area contributed by atoms with Gasteiger partial charge in [0.25, 0.3) is 0 Å². The molecule has 0 saturated carbocycles. The highest BCUT2D eigenvalue weighted by Crippen LogP contribution is 2.26. The zero-order chi connectivity index (χ0) is 21.4. The van der Waals surface area contributed by atoms with Crippen molar-refractivity contribution in [1.82, 2.24) is 10.6 Å². The number of carbonyl (C=O) groups excluding carboxylic acids is 2. The SMILES string of the molecule is CC(CNC(=O)/C=C/c1c(Cl)cccc1Cl)NC(=O)/C=C/c1c(Cl)cccc1Cl. The summed E-state index contributed by atoms with van der Waals surface area (Å²) in [5.41, 5.74) is 1.13. The van der Waals surface area contributed by atoms with E-state index in [-0.39, 0.29) is 24.4 Å². The van der Waals surface area contributed by atoms with Crippen LogP contribution < -0.4 is 10.6 Å². The Labute approximate surface area is 189 Å². The van der Waals surface area contributed by atoms with Crippen LogP contribution in [0.4, 0.5) is 0 Å². The summed E-state index contributed by atoms with van der Waals surface area (Å²) in [7, 11) is 0. The first-order valence-electron chi connectivity index (χ1n) is 8.60. The molecule has 29 heavy (non-hydrogen) atoms. The number of nitrogens with one attached hydrogen (secondary N) is 2. The van der Waals surface area contributed by atoms with Crippen molar-refractivity contribution in [2.45, 2.75) is 13.0 Å². The topological polar surface area (TPSA) is 58.2 Å². The van der Waals surface area contributed by atoms with E-state index in [0.29, 0.717) is 31.2 Å². The Morgan fingerprint density at radius 1 is 0.828 bits per heavy atom. The summed E-state index contributed by atoms with van der Waals surface area (Å²) in [6.07, 6.45) is 5.76. The molecule has 0 aromatic heterocycles. The first kappa shape index (κ1) is 23.3. The van der Waals surface area contributed by atoms with Crippen LogP contribution in [0.2, 0.25) is 20.1 Å². The molecule has 0 bridgehead atoms. The van der Waals surface area contributed by atoms with Gasteiger partial charge in [0, 0.05) is 56.0 Å². The molecular weight excluding hydrogens is 454 g/mol. The van der Waals surface area contributed by atoms with E-state index in [1.54, 1.807) is 55.5 Å². The highest BCUT2D eigenvalue weighted by atomic mass is 35.5. The molecule has 8 heteroatoms. The average Bonchev–Trinajstić information content (AvgIpc) is 2.65. The Morgan fingerprint density at radius 2 is 1.24 bits per heavy atom. The zero-order valence-electron chi connectivity index (χ0n) is 15.4. The lowest BCUT2D eigenvalue weighted by molar-refractivity contribution is -0.118. The maximum Gasteiger partial charge on any atom is 0.244 e. The molecule has 152 valence electrons. The van der Waals surface area contributed by atoms with Gasteiger partial charge in [0.15, 0.2) is 0 Å². The molecule has 0 saturated heterocycles. The summed E-state index contributed by atoms with van der Waals surface area (Å²) in [4.78, 5) is 24.0. The largest absolute Gasteiger partial charge is 0.351 e. The van der Waals surface area contributed by atoms with Crippen LogP contribution in [0.5, 0.6) is 0 Å². The summed E-state index contributed by atoms with van der Waals surface area (Å²) >= 11 is 24.2. The van der Waals surface area contributed by atoms with E-state index >= 15 is 0 Å². The standard InChI is InChI=1S/C21H18Cl4N2O2/c1-13(27-21(29)11-9-15-18(24)6-3-7-19(15)25)12-26-20(28)10-8-14-16(22)4-2-5-17(14)23/h2-11,13H,12H2,1H3,(H,26,28)(H,27,29)/b10-8+,11-9+. The molecular formula is C21H18Cl4N2O2. The van der Waals surface area contributed by atoms with Gasteiger partial charge in [-0.2, -0.15) is 0 Å². The van der Waals surface area contributed by atoms with Crippen molar-refractivity contribution >= 4 is 70.4 Å². The Kier molecular flexibility index (Phi) is 9.05. The van der Waals surface area contributed by atoms with Gasteiger partial charge in [0.1, 0.15) is 0 Å². The minimum absolute atomic E-state index is 0.242. The van der Waals surface area contributed by atoms with Crippen LogP contribution in [0.1, 0.15) is 18.1 Å². The van der Waals surface area contributed by atoms with Gasteiger partial charge in [-0.15, -0.1) is 0 Å². The molecule has 1 unspecified atom stereocenters. The van der Waals surface area contributed by atoms with E-state index < -0.39 is 0 Å². The Morgan fingerprint density at radius 3 is 1.69 bits per heavy atom. The third-order valence-electron chi connectivity index (χ3n) is 3.77. The highest BCUT2D eigenvalue weighted by Gasteiger charge is 2.08. The van der Waals surface area contributed by atoms with E-state index in [1.165, 1.54) is 12.2 Å². The number of rotatable bonds is 7. The van der Waals surface area contributed by atoms with Crippen molar-refractivity contribution < 1.29 is 9.59 Å². The second-order valence-electron chi connectivity index (χ2n) is 6.09. The quantitative estimate of drug-likeness (QED) is 0.512. The van der Waals surface area contributed by atoms with E-state index in [4.69, 9.17) is 46.4 Å². The second kappa shape index (κ2) is 11.3. The number of benzene rings is 2. The molecule has 0 aliphatic carbocycles. The fraction of sp³-hybridized carbons (Fsp3) is 0.143. The molecule has 0 aliphatic heterocycles.